The SMILES string of the molecule is C=COC(=O)c1ccccc1.[Co]. The third-order valence-electron chi connectivity index (χ3n) is 1.20. The van der Waals surface area contributed by atoms with Crippen LogP contribution in [0.3, 0.4) is 0 Å². The van der Waals surface area contributed by atoms with Crippen molar-refractivity contribution in [1.82, 2.24) is 0 Å². The Morgan fingerprint density at radius 2 is 1.92 bits per heavy atom. The second-order valence-corrected chi connectivity index (χ2v) is 1.94. The normalized spacial score (nSPS) is 8.00. The van der Waals surface area contributed by atoms with Crippen molar-refractivity contribution in [1.29, 1.82) is 0 Å². The van der Waals surface area contributed by atoms with E-state index in [1.165, 1.54) is 0 Å². The van der Waals surface area contributed by atoms with Gasteiger partial charge in [-0.3, -0.25) is 0 Å². The number of hydrogen-bond acceptors (Lipinski definition) is 2. The predicted molar refractivity (Wildman–Crippen MR) is 42.1 cm³/mol. The van der Waals surface area contributed by atoms with E-state index in [1.54, 1.807) is 24.3 Å². The number of carbonyl (C=O) groups excluding carboxylic acids is 1. The molecule has 0 aromatic heterocycles. The molecule has 0 unspecified atom stereocenters. The summed E-state index contributed by atoms with van der Waals surface area (Å²) in [7, 11) is 0. The van der Waals surface area contributed by atoms with Crippen LogP contribution < -0.4 is 0 Å². The maximum absolute atomic E-state index is 11.0. The fraction of sp³-hybridized carbons (Fsp3) is 0. The van der Waals surface area contributed by atoms with Gasteiger partial charge < -0.3 is 4.74 Å². The van der Waals surface area contributed by atoms with Crippen molar-refractivity contribution in [2.24, 2.45) is 0 Å². The first-order valence-corrected chi connectivity index (χ1v) is 3.21. The van der Waals surface area contributed by atoms with Crippen LogP contribution in [0.4, 0.5) is 0 Å². The molecule has 0 saturated heterocycles. The molecule has 2 nitrogen and oxygen atoms in total. The molecule has 0 aliphatic carbocycles. The average molecular weight is 207 g/mol. The maximum Gasteiger partial charge on any atom is 0.342 e. The molecule has 0 N–H and O–H groups in total. The Morgan fingerprint density at radius 3 is 2.42 bits per heavy atom. The minimum absolute atomic E-state index is 0. The first-order chi connectivity index (χ1) is 5.34. The summed E-state index contributed by atoms with van der Waals surface area (Å²) in [6, 6.07) is 8.77. The molecule has 65 valence electrons. The zero-order valence-electron chi connectivity index (χ0n) is 6.32. The van der Waals surface area contributed by atoms with Crippen LogP contribution in [0.25, 0.3) is 0 Å². The number of ether oxygens (including phenoxy) is 1. The molecule has 0 aliphatic heterocycles. The summed E-state index contributed by atoms with van der Waals surface area (Å²) in [5.74, 6) is -0.374. The molecule has 1 rings (SSSR count). The Labute approximate surface area is 81.4 Å². The molecular weight excluding hydrogens is 199 g/mol. The molecule has 1 aromatic carbocycles. The van der Waals surface area contributed by atoms with Gasteiger partial charge in [-0.2, -0.15) is 0 Å². The van der Waals surface area contributed by atoms with Crippen LogP contribution in [0.1, 0.15) is 10.4 Å². The van der Waals surface area contributed by atoms with Crippen molar-refractivity contribution in [3.63, 3.8) is 0 Å². The molecule has 0 fully saturated rings. The van der Waals surface area contributed by atoms with Crippen LogP contribution in [-0.4, -0.2) is 5.97 Å². The van der Waals surface area contributed by atoms with E-state index in [9.17, 15) is 4.79 Å². The van der Waals surface area contributed by atoms with E-state index in [2.05, 4.69) is 11.3 Å². The summed E-state index contributed by atoms with van der Waals surface area (Å²) < 4.78 is 4.55. The maximum atomic E-state index is 11.0. The van der Waals surface area contributed by atoms with E-state index in [0.29, 0.717) is 5.56 Å². The largest absolute Gasteiger partial charge is 0.432 e. The third kappa shape index (κ3) is 2.90. The second kappa shape index (κ2) is 5.57. The minimum atomic E-state index is -0.374. The smallest absolute Gasteiger partial charge is 0.342 e. The quantitative estimate of drug-likeness (QED) is 0.547. The van der Waals surface area contributed by atoms with Crippen molar-refractivity contribution in [2.45, 2.75) is 0 Å². The monoisotopic (exact) mass is 207 g/mol. The molecule has 0 atom stereocenters. The fourth-order valence-corrected chi connectivity index (χ4v) is 0.718. The number of esters is 1. The Kier molecular flexibility index (Phi) is 5.08. The van der Waals surface area contributed by atoms with Gasteiger partial charge in [0.25, 0.3) is 0 Å². The van der Waals surface area contributed by atoms with Gasteiger partial charge in [-0.25, -0.2) is 4.79 Å². The summed E-state index contributed by atoms with van der Waals surface area (Å²) in [6.45, 7) is 3.28. The molecule has 0 heterocycles. The molecule has 1 aromatic rings. The topological polar surface area (TPSA) is 26.3 Å². The molecule has 12 heavy (non-hydrogen) atoms. The zero-order valence-corrected chi connectivity index (χ0v) is 7.36. The fourth-order valence-electron chi connectivity index (χ4n) is 0.718. The first-order valence-electron chi connectivity index (χ1n) is 3.21. The number of benzene rings is 1. The molecule has 0 aliphatic rings. The van der Waals surface area contributed by atoms with E-state index in [0.717, 1.165) is 6.26 Å². The average Bonchev–Trinajstić information content (AvgIpc) is 2.07. The van der Waals surface area contributed by atoms with E-state index in [4.69, 9.17) is 0 Å². The van der Waals surface area contributed by atoms with Gasteiger partial charge in [-0.05, 0) is 12.1 Å². The molecule has 0 saturated carbocycles. The summed E-state index contributed by atoms with van der Waals surface area (Å²) in [5.41, 5.74) is 0.535. The van der Waals surface area contributed by atoms with Gasteiger partial charge >= 0.3 is 5.97 Å². The van der Waals surface area contributed by atoms with Crippen molar-refractivity contribution < 1.29 is 26.3 Å². The van der Waals surface area contributed by atoms with E-state index < -0.39 is 0 Å². The number of hydrogen-bond donors (Lipinski definition) is 0. The van der Waals surface area contributed by atoms with Crippen molar-refractivity contribution in [3.05, 3.63) is 48.7 Å². The van der Waals surface area contributed by atoms with Gasteiger partial charge in [0.2, 0.25) is 0 Å². The molecule has 0 spiro atoms. The molecule has 3 heteroatoms. The van der Waals surface area contributed by atoms with E-state index >= 15 is 0 Å². The molecule has 0 bridgehead atoms. The van der Waals surface area contributed by atoms with E-state index in [-0.39, 0.29) is 22.7 Å². The third-order valence-corrected chi connectivity index (χ3v) is 1.20. The Balaban J connectivity index is 0.00000121. The van der Waals surface area contributed by atoms with Crippen LogP contribution in [-0.2, 0) is 21.5 Å². The van der Waals surface area contributed by atoms with Gasteiger partial charge in [0.05, 0.1) is 11.8 Å². The molecule has 1 radical (unpaired) electrons. The summed E-state index contributed by atoms with van der Waals surface area (Å²) in [4.78, 5) is 11.0. The van der Waals surface area contributed by atoms with Crippen molar-refractivity contribution in [3.8, 4) is 0 Å². The number of carbonyl (C=O) groups is 1. The van der Waals surface area contributed by atoms with Gasteiger partial charge in [0.15, 0.2) is 0 Å². The summed E-state index contributed by atoms with van der Waals surface area (Å²) >= 11 is 0. The van der Waals surface area contributed by atoms with Crippen molar-refractivity contribution >= 4 is 5.97 Å². The number of rotatable bonds is 2. The summed E-state index contributed by atoms with van der Waals surface area (Å²) in [5, 5.41) is 0. The zero-order chi connectivity index (χ0) is 8.10. The summed E-state index contributed by atoms with van der Waals surface area (Å²) in [6.07, 6.45) is 1.12. The van der Waals surface area contributed by atoms with Crippen LogP contribution in [0, 0.1) is 0 Å². The van der Waals surface area contributed by atoms with E-state index in [1.807, 2.05) is 6.07 Å². The molecule has 0 amide bonds. The predicted octanol–water partition coefficient (Wildman–Crippen LogP) is 1.98. The van der Waals surface area contributed by atoms with Gasteiger partial charge in [0.1, 0.15) is 0 Å². The Bertz CT molecular complexity index is 256. The second-order valence-electron chi connectivity index (χ2n) is 1.94. The van der Waals surface area contributed by atoms with Crippen molar-refractivity contribution in [2.75, 3.05) is 0 Å². The van der Waals surface area contributed by atoms with Gasteiger partial charge in [-0.15, -0.1) is 0 Å². The van der Waals surface area contributed by atoms with Crippen LogP contribution in [0.2, 0.25) is 0 Å². The van der Waals surface area contributed by atoms with Crippen LogP contribution in [0.15, 0.2) is 43.2 Å². The Hall–Kier alpha value is -1.06. The van der Waals surface area contributed by atoms with Crippen LogP contribution in [0.5, 0.6) is 0 Å². The Morgan fingerprint density at radius 1 is 1.33 bits per heavy atom. The first kappa shape index (κ1) is 10.9. The van der Waals surface area contributed by atoms with Crippen LogP contribution >= 0.6 is 0 Å². The van der Waals surface area contributed by atoms with Gasteiger partial charge in [-0.1, -0.05) is 24.8 Å². The molecular formula is C9H8CoO2. The minimum Gasteiger partial charge on any atom is -0.432 e. The van der Waals surface area contributed by atoms with Gasteiger partial charge in [0, 0.05) is 16.8 Å². The standard InChI is InChI=1S/C9H8O2.Co/c1-2-11-9(10)8-6-4-3-5-7-8;/h2-7H,1H2;.